The Balaban J connectivity index is 1.60. The minimum Gasteiger partial charge on any atom is -0.493 e. The fourth-order valence-corrected chi connectivity index (χ4v) is 4.69. The summed E-state index contributed by atoms with van der Waals surface area (Å²) < 4.78 is 10.6. The number of nitrogens with zero attached hydrogens (tertiary/aromatic N) is 3. The smallest absolute Gasteiger partial charge is 0.242 e. The second-order valence-electron chi connectivity index (χ2n) is 7.32. The van der Waals surface area contributed by atoms with Crippen molar-refractivity contribution in [3.63, 3.8) is 0 Å². The van der Waals surface area contributed by atoms with Crippen molar-refractivity contribution in [2.24, 2.45) is 10.2 Å². The molecule has 0 N–H and O–H groups in total. The molecule has 0 aliphatic carbocycles. The van der Waals surface area contributed by atoms with Crippen LogP contribution in [0.2, 0.25) is 0 Å². The molecule has 1 aliphatic heterocycles. The molecule has 32 heavy (non-hydrogen) atoms. The Bertz CT molecular complexity index is 1190. The third-order valence-corrected chi connectivity index (χ3v) is 6.69. The van der Waals surface area contributed by atoms with Crippen molar-refractivity contribution in [3.8, 4) is 11.5 Å². The highest BCUT2D eigenvalue weighted by atomic mass is 32.2. The molecule has 7 heteroatoms. The molecule has 0 bridgehead atoms. The van der Waals surface area contributed by atoms with Gasteiger partial charge in [-0.1, -0.05) is 61.2 Å². The Hall–Kier alpha value is -3.32. The van der Waals surface area contributed by atoms with Gasteiger partial charge in [-0.3, -0.25) is 9.69 Å². The summed E-state index contributed by atoms with van der Waals surface area (Å²) in [5, 5.41) is 11.4. The van der Waals surface area contributed by atoms with Gasteiger partial charge in [-0.05, 0) is 46.5 Å². The van der Waals surface area contributed by atoms with E-state index >= 15 is 0 Å². The average Bonchev–Trinajstić information content (AvgIpc) is 3.13. The van der Waals surface area contributed by atoms with Crippen molar-refractivity contribution in [2.75, 3.05) is 14.2 Å². The maximum Gasteiger partial charge on any atom is 0.242 e. The van der Waals surface area contributed by atoms with E-state index in [9.17, 15) is 4.79 Å². The first-order valence-corrected chi connectivity index (χ1v) is 11.3. The van der Waals surface area contributed by atoms with Crippen molar-refractivity contribution in [3.05, 3.63) is 71.8 Å². The number of rotatable bonds is 7. The van der Waals surface area contributed by atoms with Gasteiger partial charge in [0.15, 0.2) is 16.7 Å². The SMILES string of the molecule is CC[C@H]1S/C(=N/N=C\c2ccc(OC)c(OC)c2)N(Cc2cccc3ccccc23)C1=O. The van der Waals surface area contributed by atoms with Crippen LogP contribution in [-0.2, 0) is 11.3 Å². The predicted molar refractivity (Wildman–Crippen MR) is 131 cm³/mol. The molecule has 1 saturated heterocycles. The van der Waals surface area contributed by atoms with Crippen LogP contribution in [0.1, 0.15) is 24.5 Å². The standard InChI is InChI=1S/C25H25N3O3S/c1-4-23-24(29)28(16-19-10-7-9-18-8-5-6-11-20(18)19)25(32-23)27-26-15-17-12-13-21(30-2)22(14-17)31-3/h5-15,23H,4,16H2,1-3H3/b26-15-,27-25+/t23-/m1/s1. The van der Waals surface area contributed by atoms with E-state index in [0.29, 0.717) is 23.2 Å². The Labute approximate surface area is 191 Å². The molecule has 164 valence electrons. The number of carbonyl (C=O) groups is 1. The monoisotopic (exact) mass is 447 g/mol. The van der Waals surface area contributed by atoms with E-state index < -0.39 is 0 Å². The first kappa shape index (κ1) is 21.9. The molecule has 1 aliphatic rings. The third kappa shape index (κ3) is 4.48. The van der Waals surface area contributed by atoms with Crippen molar-refractivity contribution in [1.29, 1.82) is 0 Å². The van der Waals surface area contributed by atoms with Crippen LogP contribution in [0.15, 0.2) is 70.9 Å². The maximum atomic E-state index is 13.0. The molecule has 1 heterocycles. The van der Waals surface area contributed by atoms with E-state index in [0.717, 1.165) is 28.3 Å². The molecule has 3 aromatic rings. The largest absolute Gasteiger partial charge is 0.493 e. The maximum absolute atomic E-state index is 13.0. The van der Waals surface area contributed by atoms with Crippen molar-refractivity contribution in [1.82, 2.24) is 4.90 Å². The number of methoxy groups -OCH3 is 2. The lowest BCUT2D eigenvalue weighted by atomic mass is 10.0. The van der Waals surface area contributed by atoms with Crippen LogP contribution in [0.25, 0.3) is 10.8 Å². The van der Waals surface area contributed by atoms with Crippen LogP contribution in [0, 0.1) is 0 Å². The lowest BCUT2D eigenvalue weighted by Crippen LogP contribution is -2.31. The molecule has 1 fully saturated rings. The second kappa shape index (κ2) is 9.87. The predicted octanol–water partition coefficient (Wildman–Crippen LogP) is 5.10. The van der Waals surface area contributed by atoms with Gasteiger partial charge in [0.1, 0.15) is 0 Å². The highest BCUT2D eigenvalue weighted by Gasteiger charge is 2.37. The molecule has 0 aromatic heterocycles. The summed E-state index contributed by atoms with van der Waals surface area (Å²) in [5.41, 5.74) is 1.92. The van der Waals surface area contributed by atoms with Gasteiger partial charge in [0, 0.05) is 0 Å². The number of amidine groups is 1. The molecule has 1 atom stereocenters. The topological polar surface area (TPSA) is 63.5 Å². The summed E-state index contributed by atoms with van der Waals surface area (Å²) in [5.74, 6) is 1.35. The van der Waals surface area contributed by atoms with E-state index in [2.05, 4.69) is 34.5 Å². The number of amides is 1. The van der Waals surface area contributed by atoms with Gasteiger partial charge in [-0.25, -0.2) is 0 Å². The molecule has 3 aromatic carbocycles. The minimum atomic E-state index is -0.139. The normalized spacial score (nSPS) is 17.6. The van der Waals surface area contributed by atoms with Crippen LogP contribution in [0.5, 0.6) is 11.5 Å². The van der Waals surface area contributed by atoms with Crippen LogP contribution in [0.3, 0.4) is 0 Å². The lowest BCUT2D eigenvalue weighted by molar-refractivity contribution is -0.126. The van der Waals surface area contributed by atoms with Crippen molar-refractivity contribution >= 4 is 39.8 Å². The molecule has 4 rings (SSSR count). The highest BCUT2D eigenvalue weighted by molar-refractivity contribution is 8.15. The Morgan fingerprint density at radius 3 is 2.59 bits per heavy atom. The molecular weight excluding hydrogens is 422 g/mol. The van der Waals surface area contributed by atoms with Gasteiger partial charge in [0.2, 0.25) is 5.91 Å². The number of benzene rings is 3. The molecule has 1 amide bonds. The van der Waals surface area contributed by atoms with Crippen molar-refractivity contribution in [2.45, 2.75) is 25.1 Å². The zero-order chi connectivity index (χ0) is 22.5. The zero-order valence-electron chi connectivity index (χ0n) is 18.3. The summed E-state index contributed by atoms with van der Waals surface area (Å²) >= 11 is 1.47. The lowest BCUT2D eigenvalue weighted by Gasteiger charge is -2.17. The zero-order valence-corrected chi connectivity index (χ0v) is 19.1. The quantitative estimate of drug-likeness (QED) is 0.373. The Morgan fingerprint density at radius 1 is 1.03 bits per heavy atom. The molecular formula is C25H25N3O3S. The summed E-state index contributed by atoms with van der Waals surface area (Å²) in [6.45, 7) is 2.48. The number of thioether (sulfide) groups is 1. The van der Waals surface area contributed by atoms with Gasteiger partial charge < -0.3 is 9.47 Å². The van der Waals surface area contributed by atoms with Crippen LogP contribution < -0.4 is 9.47 Å². The number of carbonyl (C=O) groups excluding carboxylic acids is 1. The van der Waals surface area contributed by atoms with Crippen molar-refractivity contribution < 1.29 is 14.3 Å². The van der Waals surface area contributed by atoms with Gasteiger partial charge in [-0.15, -0.1) is 5.10 Å². The van der Waals surface area contributed by atoms with Gasteiger partial charge >= 0.3 is 0 Å². The number of hydrogen-bond donors (Lipinski definition) is 0. The fraction of sp³-hybridized carbons (Fsp3) is 0.240. The first-order valence-electron chi connectivity index (χ1n) is 10.4. The molecule has 6 nitrogen and oxygen atoms in total. The average molecular weight is 448 g/mol. The number of ether oxygens (including phenoxy) is 2. The molecule has 0 saturated carbocycles. The number of hydrogen-bond acceptors (Lipinski definition) is 6. The Kier molecular flexibility index (Phi) is 6.75. The third-order valence-electron chi connectivity index (χ3n) is 5.36. The first-order chi connectivity index (χ1) is 15.6. The second-order valence-corrected chi connectivity index (χ2v) is 8.49. The van der Waals surface area contributed by atoms with Crippen LogP contribution in [0.4, 0.5) is 0 Å². The van der Waals surface area contributed by atoms with Gasteiger partial charge in [-0.2, -0.15) is 5.10 Å². The van der Waals surface area contributed by atoms with Crippen LogP contribution >= 0.6 is 11.8 Å². The highest BCUT2D eigenvalue weighted by Crippen LogP contribution is 2.32. The Morgan fingerprint density at radius 2 is 1.81 bits per heavy atom. The summed E-state index contributed by atoms with van der Waals surface area (Å²) in [6, 6.07) is 19.9. The van der Waals surface area contributed by atoms with E-state index in [-0.39, 0.29) is 11.2 Å². The van der Waals surface area contributed by atoms with Gasteiger partial charge in [0.25, 0.3) is 0 Å². The van der Waals surface area contributed by atoms with Crippen LogP contribution in [-0.4, -0.2) is 41.7 Å². The molecule has 0 radical (unpaired) electrons. The minimum absolute atomic E-state index is 0.0745. The summed E-state index contributed by atoms with van der Waals surface area (Å²) in [6.07, 6.45) is 2.39. The summed E-state index contributed by atoms with van der Waals surface area (Å²) in [4.78, 5) is 14.8. The summed E-state index contributed by atoms with van der Waals surface area (Å²) in [7, 11) is 3.19. The number of fused-ring (bicyclic) bond motifs is 1. The molecule has 0 unspecified atom stereocenters. The van der Waals surface area contributed by atoms with E-state index in [1.807, 2.05) is 43.3 Å². The van der Waals surface area contributed by atoms with E-state index in [4.69, 9.17) is 9.47 Å². The van der Waals surface area contributed by atoms with E-state index in [1.54, 1.807) is 25.3 Å². The molecule has 0 spiro atoms. The van der Waals surface area contributed by atoms with E-state index in [1.165, 1.54) is 11.8 Å². The van der Waals surface area contributed by atoms with Gasteiger partial charge in [0.05, 0.1) is 32.2 Å². The fourth-order valence-electron chi connectivity index (χ4n) is 3.67.